The second kappa shape index (κ2) is 32.4. The van der Waals surface area contributed by atoms with Crippen molar-refractivity contribution in [2.24, 2.45) is 11.8 Å². The summed E-state index contributed by atoms with van der Waals surface area (Å²) >= 11 is 3.53. The van der Waals surface area contributed by atoms with Crippen LogP contribution in [0, 0.1) is 30.6 Å². The van der Waals surface area contributed by atoms with Gasteiger partial charge in [-0.15, -0.1) is 59.0 Å². The monoisotopic (exact) mass is 1330 g/mol. The third kappa shape index (κ3) is 16.9. The van der Waals surface area contributed by atoms with Crippen molar-refractivity contribution in [1.82, 2.24) is 30.0 Å². The first-order valence-electron chi connectivity index (χ1n) is 23.9. The Morgan fingerprint density at radius 1 is 0.806 bits per heavy atom. The van der Waals surface area contributed by atoms with Crippen molar-refractivity contribution >= 4 is 54.5 Å². The van der Waals surface area contributed by atoms with Gasteiger partial charge in [-0.05, 0) is 76.6 Å². The molecule has 2 aromatic heterocycles. The van der Waals surface area contributed by atoms with Crippen molar-refractivity contribution in [1.29, 1.82) is 0 Å². The first kappa shape index (κ1) is 60.6. The molecular formula is C56H65BN6O6SW2-2. The molecule has 6 aromatic rings. The van der Waals surface area contributed by atoms with Gasteiger partial charge in [-0.25, -0.2) is 9.59 Å². The van der Waals surface area contributed by atoms with Gasteiger partial charge in [0.15, 0.2) is 0 Å². The molecule has 378 valence electrons. The molecule has 0 aliphatic heterocycles. The van der Waals surface area contributed by atoms with Crippen LogP contribution in [0.3, 0.4) is 0 Å². The van der Waals surface area contributed by atoms with Crippen LogP contribution < -0.4 is 0 Å². The number of rotatable bonds is 9. The van der Waals surface area contributed by atoms with E-state index in [9.17, 15) is 19.8 Å². The minimum absolute atomic E-state index is 0. The van der Waals surface area contributed by atoms with Crippen molar-refractivity contribution in [3.05, 3.63) is 168 Å². The van der Waals surface area contributed by atoms with E-state index in [4.69, 9.17) is 18.6 Å². The molecule has 3 aliphatic rings. The Morgan fingerprint density at radius 2 is 1.28 bits per heavy atom. The van der Waals surface area contributed by atoms with E-state index in [-0.39, 0.29) is 107 Å². The second-order valence-electron chi connectivity index (χ2n) is 15.4. The molecule has 1 fully saturated rings. The minimum atomic E-state index is -0.584. The summed E-state index contributed by atoms with van der Waals surface area (Å²) in [5.41, 5.74) is 8.67. The number of allylic oxidation sites excluding steroid dienone is 6. The molecule has 2 radical (unpaired) electrons. The third-order valence-electron chi connectivity index (χ3n) is 10.7. The smallest absolute Gasteiger partial charge is 0.333 e. The topological polar surface area (TPSA) is 154 Å². The largest absolute Gasteiger partial charge is 0.505 e. The number of phenols is 2. The van der Waals surface area contributed by atoms with E-state index in [1.165, 1.54) is 70.7 Å². The molecule has 2 heterocycles. The van der Waals surface area contributed by atoms with Crippen molar-refractivity contribution in [3.8, 4) is 28.8 Å². The Morgan fingerprint density at radius 3 is 1.67 bits per heavy atom. The standard InChI is InChI=1S/C25H24N3O3.C19H14N3O3.C6H8.2C2H6.CH3B.CH4S.2W/c1-14(2)25(30)31-13-17-5-4-6-23(24(17)29)28-26-21-8-7-16(12-22(21)27-28)20-11-18-10-19(20)9-15(18)3;1-4-13-8-9-15-16(10-13)21-22(20-15)17-7-5-6-14(18(17)23)11-25-19(24)12(2)3;1-6-4-2-3-5-6;4*1-2;;/h4-9,11-12,18-20,29H,1,10,13H2,2-3H3;5-10,23H,2,11H2,3H3;2,4-5H,3H2,1H3;2*1-2H3;1H3;2H,1H3;;/q2*-1;;;;;;;/i4D;5D;;;;;;;. The van der Waals surface area contributed by atoms with Gasteiger partial charge in [0.25, 0.3) is 0 Å². The molecule has 2 bridgehead atoms. The van der Waals surface area contributed by atoms with Gasteiger partial charge < -0.3 is 32.5 Å². The number of carbonyl (C=O) groups is 2. The SMILES string of the molecule is CC.CC.CC1=CCC=C1.CS.[2H]c1cc(COC(=O)C(=C)C)c(O)c(-n2nc3ccc(C#[C-])cc3n2)c1.[2H]c1cc(COC(=O)C(=C)C)c(O)c(-n2nc3ccc(C4[CH-]C5CC4C=C5C)cc3n2)c1.[B]C.[W].[W]. The number of hydrogen-bond acceptors (Lipinski definition) is 11. The number of esters is 2. The van der Waals surface area contributed by atoms with Crippen LogP contribution in [0.4, 0.5) is 0 Å². The molecule has 12 nitrogen and oxygen atoms in total. The van der Waals surface area contributed by atoms with Crippen LogP contribution >= 0.6 is 12.6 Å². The normalized spacial score (nSPS) is 15.3. The molecule has 16 heteroatoms. The van der Waals surface area contributed by atoms with Crippen molar-refractivity contribution in [2.75, 3.05) is 6.26 Å². The molecule has 4 aromatic carbocycles. The van der Waals surface area contributed by atoms with E-state index < -0.39 is 11.9 Å². The molecule has 2 N–H and O–H groups in total. The first-order valence-corrected chi connectivity index (χ1v) is 23.8. The third-order valence-corrected chi connectivity index (χ3v) is 10.7. The van der Waals surface area contributed by atoms with E-state index >= 15 is 0 Å². The number of benzene rings is 4. The number of ether oxygens (including phenoxy) is 2. The fourth-order valence-electron chi connectivity index (χ4n) is 7.27. The van der Waals surface area contributed by atoms with Gasteiger partial charge in [-0.2, -0.15) is 12.6 Å². The summed E-state index contributed by atoms with van der Waals surface area (Å²) < 4.78 is 26.2. The van der Waals surface area contributed by atoms with Crippen LogP contribution in [-0.4, -0.2) is 66.2 Å². The van der Waals surface area contributed by atoms with E-state index in [1.54, 1.807) is 31.4 Å². The molecule has 3 atom stereocenters. The van der Waals surface area contributed by atoms with E-state index in [0.717, 1.165) is 11.9 Å². The summed E-state index contributed by atoms with van der Waals surface area (Å²) in [7, 11) is 4.50. The maximum atomic E-state index is 11.7. The quantitative estimate of drug-likeness (QED) is 0.0242. The van der Waals surface area contributed by atoms with Gasteiger partial charge in [0.2, 0.25) is 0 Å². The molecule has 0 saturated heterocycles. The van der Waals surface area contributed by atoms with E-state index in [0.29, 0.717) is 45.4 Å². The van der Waals surface area contributed by atoms with Crippen LogP contribution in [0.15, 0.2) is 133 Å². The summed E-state index contributed by atoms with van der Waals surface area (Å²) in [6, 6.07) is 17.1. The van der Waals surface area contributed by atoms with Gasteiger partial charge in [-0.1, -0.05) is 126 Å². The Kier molecular flexibility index (Phi) is 27.2. The molecule has 9 rings (SSSR count). The maximum absolute atomic E-state index is 11.7. The molecule has 0 spiro atoms. The molecule has 72 heavy (non-hydrogen) atoms. The number of nitrogens with zero attached hydrogens (tertiary/aromatic N) is 6. The Labute approximate surface area is 464 Å². The Hall–Kier alpha value is -5.73. The predicted octanol–water partition coefficient (Wildman–Crippen LogP) is 12.0. The summed E-state index contributed by atoms with van der Waals surface area (Å²) in [5.74, 6) is 2.32. The molecule has 1 saturated carbocycles. The number of aromatic nitrogens is 6. The molecule has 0 amide bonds. The van der Waals surface area contributed by atoms with Gasteiger partial charge in [-0.3, -0.25) is 5.92 Å². The number of aromatic hydroxyl groups is 2. The van der Waals surface area contributed by atoms with Crippen molar-refractivity contribution < 1.29 is 74.1 Å². The van der Waals surface area contributed by atoms with Crippen molar-refractivity contribution in [2.45, 2.75) is 94.2 Å². The second-order valence-corrected chi connectivity index (χ2v) is 15.4. The van der Waals surface area contributed by atoms with Gasteiger partial charge in [0, 0.05) is 64.4 Å². The average Bonchev–Trinajstić information content (AvgIpc) is 4.26. The summed E-state index contributed by atoms with van der Waals surface area (Å²) in [6.45, 7) is 23.6. The Bertz CT molecular complexity index is 3020. The number of fused-ring (bicyclic) bond motifs is 4. The predicted molar refractivity (Wildman–Crippen MR) is 286 cm³/mol. The summed E-state index contributed by atoms with van der Waals surface area (Å²) in [5, 5.41) is 38.9. The number of para-hydroxylation sites is 2. The molecule has 3 unspecified atom stereocenters. The van der Waals surface area contributed by atoms with Crippen LogP contribution in [0.5, 0.6) is 11.5 Å². The minimum Gasteiger partial charge on any atom is -0.505 e. The van der Waals surface area contributed by atoms with Gasteiger partial charge in [0.05, 0.1) is 16.1 Å². The number of hydrogen-bond donors (Lipinski definition) is 3. The zero-order valence-electron chi connectivity index (χ0n) is 44.7. The summed E-state index contributed by atoms with van der Waals surface area (Å²) in [4.78, 5) is 25.8. The van der Waals surface area contributed by atoms with Crippen LogP contribution in [0.25, 0.3) is 33.4 Å². The zero-order valence-corrected chi connectivity index (χ0v) is 49.4. The fraction of sp³-hybridized carbons (Fsp3) is 0.304. The zero-order chi connectivity index (χ0) is 53.8. The van der Waals surface area contributed by atoms with E-state index in [2.05, 4.69) is 117 Å². The summed E-state index contributed by atoms with van der Waals surface area (Å²) in [6.07, 6.45) is 22.5. The average molecular weight is 1330 g/mol. The number of carbonyl (C=O) groups excluding carboxylic acids is 2. The van der Waals surface area contributed by atoms with Gasteiger partial charge in [0.1, 0.15) is 52.6 Å². The van der Waals surface area contributed by atoms with Gasteiger partial charge >= 0.3 is 11.9 Å². The van der Waals surface area contributed by atoms with Crippen LogP contribution in [0.2, 0.25) is 6.82 Å². The van der Waals surface area contributed by atoms with Crippen LogP contribution in [0.1, 0.15) is 99.1 Å². The first-order chi connectivity index (χ1) is 34.6. The fourth-order valence-corrected chi connectivity index (χ4v) is 7.27. The number of thiol groups is 1. The van der Waals surface area contributed by atoms with E-state index in [1.807, 2.05) is 33.8 Å². The number of phenolic OH excluding ortho intramolecular Hbond substituents is 2. The van der Waals surface area contributed by atoms with Crippen molar-refractivity contribution in [3.63, 3.8) is 0 Å². The van der Waals surface area contributed by atoms with Crippen LogP contribution in [-0.2, 0) is 74.4 Å². The molecular weight excluding hydrogens is 1260 g/mol. The maximum Gasteiger partial charge on any atom is 0.333 e. The Balaban J connectivity index is 0.000000586. The molecule has 3 aliphatic carbocycles.